The van der Waals surface area contributed by atoms with Gasteiger partial charge in [0.1, 0.15) is 4.60 Å². The van der Waals surface area contributed by atoms with Crippen LogP contribution < -0.4 is 4.90 Å². The zero-order valence-corrected chi connectivity index (χ0v) is 12.1. The molecule has 0 N–H and O–H groups in total. The largest absolute Gasteiger partial charge is 0.422 e. The van der Waals surface area contributed by atoms with E-state index in [1.54, 1.807) is 0 Å². The van der Waals surface area contributed by atoms with Crippen molar-refractivity contribution in [3.63, 3.8) is 0 Å². The van der Waals surface area contributed by atoms with E-state index >= 15 is 0 Å². The van der Waals surface area contributed by atoms with Crippen molar-refractivity contribution in [1.82, 2.24) is 14.9 Å². The quantitative estimate of drug-likeness (QED) is 0.754. The molecule has 0 saturated carbocycles. The van der Waals surface area contributed by atoms with Crippen LogP contribution in [0.3, 0.4) is 0 Å². The average Bonchev–Trinajstić information content (AvgIpc) is 2.61. The van der Waals surface area contributed by atoms with Crippen LogP contribution in [-0.2, 0) is 0 Å². The maximum Gasteiger partial charge on any atom is 0.300 e. The fourth-order valence-electron chi connectivity index (χ4n) is 3.05. The smallest absolute Gasteiger partial charge is 0.300 e. The highest BCUT2D eigenvalue weighted by molar-refractivity contribution is 9.10. The third-order valence-corrected chi connectivity index (χ3v) is 4.55. The number of aromatic nitrogens is 2. The Morgan fingerprint density at radius 1 is 1.11 bits per heavy atom. The Hall–Kier alpha value is -1.14. The number of halogens is 1. The third kappa shape index (κ3) is 2.03. The van der Waals surface area contributed by atoms with Crippen LogP contribution in [0.5, 0.6) is 0 Å². The van der Waals surface area contributed by atoms with Gasteiger partial charge >= 0.3 is 0 Å². The van der Waals surface area contributed by atoms with Crippen LogP contribution in [0.1, 0.15) is 12.8 Å². The van der Waals surface area contributed by atoms with E-state index in [1.807, 2.05) is 12.1 Å². The first kappa shape index (κ1) is 11.7. The number of pyridine rings is 1. The Labute approximate surface area is 119 Å². The molecule has 100 valence electrons. The molecule has 2 aromatic rings. The van der Waals surface area contributed by atoms with E-state index in [1.165, 1.54) is 25.9 Å². The van der Waals surface area contributed by atoms with Crippen LogP contribution in [0.4, 0.5) is 6.01 Å². The molecular weight excluding hydrogens is 308 g/mol. The molecule has 0 aromatic carbocycles. The fourth-order valence-corrected chi connectivity index (χ4v) is 3.35. The van der Waals surface area contributed by atoms with Gasteiger partial charge in [0.25, 0.3) is 6.01 Å². The summed E-state index contributed by atoms with van der Waals surface area (Å²) in [6, 6.07) is 5.10. The van der Waals surface area contributed by atoms with Gasteiger partial charge in [0.15, 0.2) is 5.58 Å². The predicted octanol–water partition coefficient (Wildman–Crippen LogP) is 2.27. The fraction of sp³-hybridized carbons (Fsp3) is 0.538. The van der Waals surface area contributed by atoms with Crippen molar-refractivity contribution in [2.75, 3.05) is 31.1 Å². The van der Waals surface area contributed by atoms with Crippen molar-refractivity contribution in [1.29, 1.82) is 0 Å². The summed E-state index contributed by atoms with van der Waals surface area (Å²) in [5, 5.41) is 0. The maximum atomic E-state index is 5.88. The molecule has 5 heterocycles. The second-order valence-corrected chi connectivity index (χ2v) is 6.03. The van der Waals surface area contributed by atoms with Gasteiger partial charge in [-0.05, 0) is 40.9 Å². The lowest BCUT2D eigenvalue weighted by molar-refractivity contribution is 0.249. The van der Waals surface area contributed by atoms with Gasteiger partial charge < -0.3 is 14.2 Å². The normalized spacial score (nSPS) is 26.9. The second kappa shape index (κ2) is 4.45. The molecule has 3 fully saturated rings. The van der Waals surface area contributed by atoms with Gasteiger partial charge in [-0.25, -0.2) is 4.98 Å². The lowest BCUT2D eigenvalue weighted by Gasteiger charge is -2.30. The molecule has 0 unspecified atom stereocenters. The van der Waals surface area contributed by atoms with Crippen molar-refractivity contribution in [2.24, 2.45) is 0 Å². The Kier molecular flexibility index (Phi) is 2.73. The third-order valence-electron chi connectivity index (χ3n) is 4.11. The Bertz CT molecular complexity index is 606. The Morgan fingerprint density at radius 3 is 2.79 bits per heavy atom. The number of hydrogen-bond acceptors (Lipinski definition) is 5. The zero-order valence-electron chi connectivity index (χ0n) is 10.5. The predicted molar refractivity (Wildman–Crippen MR) is 76.3 cm³/mol. The van der Waals surface area contributed by atoms with Crippen LogP contribution in [0, 0.1) is 0 Å². The number of fused-ring (bicyclic) bond motifs is 5. The van der Waals surface area contributed by atoms with Crippen LogP contribution in [0.25, 0.3) is 11.2 Å². The molecule has 0 radical (unpaired) electrons. The molecule has 3 aliphatic rings. The molecule has 5 rings (SSSR count). The van der Waals surface area contributed by atoms with E-state index < -0.39 is 0 Å². The van der Waals surface area contributed by atoms with E-state index in [9.17, 15) is 0 Å². The SMILES string of the molecule is Brc1ccc2oc(N3CCN4CCC3CC4)nc2n1. The van der Waals surface area contributed by atoms with E-state index in [2.05, 4.69) is 35.7 Å². The van der Waals surface area contributed by atoms with Crippen LogP contribution in [-0.4, -0.2) is 47.1 Å². The molecule has 2 bridgehead atoms. The lowest BCUT2D eigenvalue weighted by Crippen LogP contribution is -2.38. The number of anilines is 1. The summed E-state index contributed by atoms with van der Waals surface area (Å²) < 4.78 is 6.68. The number of oxazole rings is 1. The number of rotatable bonds is 1. The summed E-state index contributed by atoms with van der Waals surface area (Å²) in [6.45, 7) is 4.50. The highest BCUT2D eigenvalue weighted by Gasteiger charge is 2.31. The van der Waals surface area contributed by atoms with E-state index in [-0.39, 0.29) is 0 Å². The standard InChI is InChI=1S/C13H15BrN4O/c14-11-2-1-10-12(15-11)16-13(19-10)18-8-7-17-5-3-9(18)4-6-17/h1-2,9H,3-8H2. The molecule has 0 atom stereocenters. The highest BCUT2D eigenvalue weighted by Crippen LogP contribution is 2.28. The summed E-state index contributed by atoms with van der Waals surface area (Å²) in [6.07, 6.45) is 2.41. The molecule has 3 saturated heterocycles. The Balaban J connectivity index is 1.72. The molecule has 5 nitrogen and oxygen atoms in total. The van der Waals surface area contributed by atoms with Gasteiger partial charge in [0.05, 0.1) is 0 Å². The summed E-state index contributed by atoms with van der Waals surface area (Å²) in [4.78, 5) is 13.7. The minimum Gasteiger partial charge on any atom is -0.422 e. The average molecular weight is 323 g/mol. The minimum absolute atomic E-state index is 0.565. The molecule has 6 heteroatoms. The topological polar surface area (TPSA) is 45.4 Å². The zero-order chi connectivity index (χ0) is 12.8. The van der Waals surface area contributed by atoms with Gasteiger partial charge in [-0.3, -0.25) is 0 Å². The van der Waals surface area contributed by atoms with Crippen molar-refractivity contribution >= 4 is 33.2 Å². The number of nitrogens with zero attached hydrogens (tertiary/aromatic N) is 4. The van der Waals surface area contributed by atoms with Gasteiger partial charge in [-0.15, -0.1) is 0 Å². The van der Waals surface area contributed by atoms with Crippen molar-refractivity contribution in [3.05, 3.63) is 16.7 Å². The first-order valence-corrected chi connectivity index (χ1v) is 7.51. The minimum atomic E-state index is 0.565. The van der Waals surface area contributed by atoms with Gasteiger partial charge in [-0.2, -0.15) is 4.98 Å². The highest BCUT2D eigenvalue weighted by atomic mass is 79.9. The molecule has 0 spiro atoms. The first-order valence-electron chi connectivity index (χ1n) is 6.72. The monoisotopic (exact) mass is 322 g/mol. The van der Waals surface area contributed by atoms with Gasteiger partial charge in [0, 0.05) is 32.2 Å². The molecule has 3 aliphatic heterocycles. The van der Waals surface area contributed by atoms with E-state index in [0.29, 0.717) is 11.7 Å². The molecule has 2 aromatic heterocycles. The second-order valence-electron chi connectivity index (χ2n) is 5.22. The van der Waals surface area contributed by atoms with Crippen molar-refractivity contribution < 1.29 is 4.42 Å². The lowest BCUT2D eigenvalue weighted by atomic mass is 10.1. The summed E-state index contributed by atoms with van der Waals surface area (Å²) >= 11 is 3.37. The maximum absolute atomic E-state index is 5.88. The van der Waals surface area contributed by atoms with Gasteiger partial charge in [0.2, 0.25) is 5.65 Å². The summed E-state index contributed by atoms with van der Waals surface area (Å²) in [7, 11) is 0. The molecule has 19 heavy (non-hydrogen) atoms. The van der Waals surface area contributed by atoms with Crippen LogP contribution in [0.2, 0.25) is 0 Å². The van der Waals surface area contributed by atoms with Crippen molar-refractivity contribution in [2.45, 2.75) is 18.9 Å². The Morgan fingerprint density at radius 2 is 1.95 bits per heavy atom. The number of piperidine rings is 1. The molecule has 0 aliphatic carbocycles. The van der Waals surface area contributed by atoms with Crippen LogP contribution >= 0.6 is 15.9 Å². The first-order chi connectivity index (χ1) is 9.29. The summed E-state index contributed by atoms with van der Waals surface area (Å²) in [5.41, 5.74) is 1.45. The molecule has 0 amide bonds. The number of hydrogen-bond donors (Lipinski definition) is 0. The van der Waals surface area contributed by atoms with Gasteiger partial charge in [-0.1, -0.05) is 0 Å². The molecular formula is C13H15BrN4O. The van der Waals surface area contributed by atoms with E-state index in [4.69, 9.17) is 4.42 Å². The van der Waals surface area contributed by atoms with E-state index in [0.717, 1.165) is 29.3 Å². The summed E-state index contributed by atoms with van der Waals surface area (Å²) in [5.74, 6) is 0. The van der Waals surface area contributed by atoms with Crippen LogP contribution in [0.15, 0.2) is 21.2 Å². The van der Waals surface area contributed by atoms with Crippen molar-refractivity contribution in [3.8, 4) is 0 Å².